The Morgan fingerprint density at radius 3 is 2.55 bits per heavy atom. The molecule has 0 radical (unpaired) electrons. The van der Waals surface area contributed by atoms with Crippen LogP contribution >= 0.6 is 11.8 Å². The van der Waals surface area contributed by atoms with Crippen molar-refractivity contribution in [3.63, 3.8) is 0 Å². The lowest BCUT2D eigenvalue weighted by atomic mass is 10.0. The highest BCUT2D eigenvalue weighted by atomic mass is 32.2. The number of rotatable bonds is 3. The molecule has 0 amide bonds. The van der Waals surface area contributed by atoms with Gasteiger partial charge in [-0.3, -0.25) is 4.98 Å². The van der Waals surface area contributed by atoms with Crippen molar-refractivity contribution in [2.24, 2.45) is 0 Å². The van der Waals surface area contributed by atoms with E-state index in [-0.39, 0.29) is 0 Å². The summed E-state index contributed by atoms with van der Waals surface area (Å²) in [7, 11) is 0. The summed E-state index contributed by atoms with van der Waals surface area (Å²) in [5.41, 5.74) is 9.30. The summed E-state index contributed by atoms with van der Waals surface area (Å²) in [5.74, 6) is 0.307. The van der Waals surface area contributed by atoms with E-state index in [0.29, 0.717) is 5.88 Å². The second-order valence-electron chi connectivity index (χ2n) is 4.24. The van der Waals surface area contributed by atoms with Crippen molar-refractivity contribution < 1.29 is 4.52 Å². The van der Waals surface area contributed by atoms with Gasteiger partial charge in [-0.1, -0.05) is 23.4 Å². The molecule has 0 fully saturated rings. The van der Waals surface area contributed by atoms with Crippen LogP contribution in [0.5, 0.6) is 0 Å². The largest absolute Gasteiger partial charge is 0.367 e. The van der Waals surface area contributed by atoms with Gasteiger partial charge in [-0.25, -0.2) is 0 Å². The van der Waals surface area contributed by atoms with Gasteiger partial charge in [0.05, 0.1) is 5.56 Å². The SMILES string of the molecule is CSc1ccc(-c2noc(N)c2-c2cccnc2)cc1. The Bertz CT molecular complexity index is 708. The molecule has 0 aliphatic heterocycles. The van der Waals surface area contributed by atoms with Gasteiger partial charge in [0.15, 0.2) is 0 Å². The number of nitrogens with zero attached hydrogens (tertiary/aromatic N) is 2. The summed E-state index contributed by atoms with van der Waals surface area (Å²) in [6, 6.07) is 11.9. The molecule has 0 bridgehead atoms. The van der Waals surface area contributed by atoms with Gasteiger partial charge < -0.3 is 10.3 Å². The fourth-order valence-electron chi connectivity index (χ4n) is 2.04. The fraction of sp³-hybridized carbons (Fsp3) is 0.0667. The smallest absolute Gasteiger partial charge is 0.230 e. The van der Waals surface area contributed by atoms with Crippen LogP contribution < -0.4 is 5.73 Å². The normalized spacial score (nSPS) is 10.7. The Labute approximate surface area is 121 Å². The van der Waals surface area contributed by atoms with Crippen LogP contribution in [-0.2, 0) is 0 Å². The molecule has 0 spiro atoms. The number of nitrogens with two attached hydrogens (primary N) is 1. The minimum Gasteiger partial charge on any atom is -0.367 e. The first-order valence-corrected chi connectivity index (χ1v) is 7.32. The standard InChI is InChI=1S/C15H13N3OS/c1-20-12-6-4-10(5-7-12)14-13(15(16)19-18-14)11-3-2-8-17-9-11/h2-9H,16H2,1H3. The van der Waals surface area contributed by atoms with E-state index in [1.165, 1.54) is 4.90 Å². The first-order valence-electron chi connectivity index (χ1n) is 6.09. The zero-order chi connectivity index (χ0) is 13.9. The average molecular weight is 283 g/mol. The summed E-state index contributed by atoms with van der Waals surface area (Å²) in [6.07, 6.45) is 5.52. The van der Waals surface area contributed by atoms with Gasteiger partial charge in [-0.2, -0.15) is 0 Å². The van der Waals surface area contributed by atoms with Crippen LogP contribution in [0.25, 0.3) is 22.4 Å². The lowest BCUT2D eigenvalue weighted by molar-refractivity contribution is 0.439. The predicted molar refractivity (Wildman–Crippen MR) is 81.4 cm³/mol. The molecule has 5 heteroatoms. The number of benzene rings is 1. The van der Waals surface area contributed by atoms with Crippen molar-refractivity contribution in [2.45, 2.75) is 4.90 Å². The Morgan fingerprint density at radius 2 is 1.90 bits per heavy atom. The second-order valence-corrected chi connectivity index (χ2v) is 5.12. The number of aromatic nitrogens is 2. The number of hydrogen-bond donors (Lipinski definition) is 1. The summed E-state index contributed by atoms with van der Waals surface area (Å²) in [4.78, 5) is 5.32. The van der Waals surface area contributed by atoms with Crippen LogP contribution in [-0.4, -0.2) is 16.4 Å². The van der Waals surface area contributed by atoms with Gasteiger partial charge in [0.1, 0.15) is 5.69 Å². The highest BCUT2D eigenvalue weighted by Crippen LogP contribution is 2.36. The summed E-state index contributed by atoms with van der Waals surface area (Å²) in [5, 5.41) is 4.08. The van der Waals surface area contributed by atoms with Crippen LogP contribution in [0.1, 0.15) is 0 Å². The molecule has 100 valence electrons. The van der Waals surface area contributed by atoms with Gasteiger partial charge in [0.25, 0.3) is 0 Å². The van der Waals surface area contributed by atoms with Gasteiger partial charge >= 0.3 is 0 Å². The molecule has 2 N–H and O–H groups in total. The molecule has 2 heterocycles. The molecule has 0 saturated carbocycles. The monoisotopic (exact) mass is 283 g/mol. The lowest BCUT2D eigenvalue weighted by Crippen LogP contribution is -1.88. The maximum atomic E-state index is 5.91. The van der Waals surface area contributed by atoms with Crippen LogP contribution in [0.15, 0.2) is 58.2 Å². The second kappa shape index (κ2) is 5.38. The molecule has 1 aromatic carbocycles. The minimum atomic E-state index is 0.307. The molecule has 4 nitrogen and oxygen atoms in total. The van der Waals surface area contributed by atoms with Gasteiger partial charge in [0.2, 0.25) is 5.88 Å². The van der Waals surface area contributed by atoms with E-state index < -0.39 is 0 Å². The molecule has 2 aromatic heterocycles. The van der Waals surface area contributed by atoms with E-state index >= 15 is 0 Å². The molecular weight excluding hydrogens is 270 g/mol. The molecule has 0 aliphatic carbocycles. The Hall–Kier alpha value is -2.27. The van der Waals surface area contributed by atoms with E-state index in [4.69, 9.17) is 10.3 Å². The maximum absolute atomic E-state index is 5.91. The predicted octanol–water partition coefficient (Wildman–Crippen LogP) is 3.71. The summed E-state index contributed by atoms with van der Waals surface area (Å²) >= 11 is 1.70. The molecule has 0 aliphatic rings. The molecule has 3 aromatic rings. The fourth-order valence-corrected chi connectivity index (χ4v) is 2.45. The zero-order valence-electron chi connectivity index (χ0n) is 10.9. The van der Waals surface area contributed by atoms with Crippen molar-refractivity contribution in [1.29, 1.82) is 0 Å². The number of anilines is 1. The van der Waals surface area contributed by atoms with Crippen LogP contribution in [0, 0.1) is 0 Å². The van der Waals surface area contributed by atoms with Crippen LogP contribution in [0.3, 0.4) is 0 Å². The average Bonchev–Trinajstić information content (AvgIpc) is 2.90. The molecular formula is C15H13N3OS. The first-order chi connectivity index (χ1) is 9.79. The van der Waals surface area contributed by atoms with E-state index in [2.05, 4.69) is 22.3 Å². The van der Waals surface area contributed by atoms with Crippen molar-refractivity contribution in [1.82, 2.24) is 10.1 Å². The molecule has 0 saturated heterocycles. The van der Waals surface area contributed by atoms with Crippen molar-refractivity contribution in [2.75, 3.05) is 12.0 Å². The van der Waals surface area contributed by atoms with E-state index in [9.17, 15) is 0 Å². The van der Waals surface area contributed by atoms with E-state index in [0.717, 1.165) is 22.4 Å². The maximum Gasteiger partial charge on any atom is 0.230 e. The van der Waals surface area contributed by atoms with Crippen molar-refractivity contribution in [3.8, 4) is 22.4 Å². The van der Waals surface area contributed by atoms with Crippen LogP contribution in [0.4, 0.5) is 5.88 Å². The van der Waals surface area contributed by atoms with Crippen molar-refractivity contribution >= 4 is 17.6 Å². The molecule has 20 heavy (non-hydrogen) atoms. The first kappa shape index (κ1) is 12.7. The van der Waals surface area contributed by atoms with E-state index in [1.54, 1.807) is 24.2 Å². The Kier molecular flexibility index (Phi) is 3.43. The number of nitrogen functional groups attached to an aromatic ring is 1. The van der Waals surface area contributed by atoms with E-state index in [1.807, 2.05) is 30.5 Å². The quantitative estimate of drug-likeness (QED) is 0.742. The summed E-state index contributed by atoms with van der Waals surface area (Å²) < 4.78 is 5.16. The Morgan fingerprint density at radius 1 is 1.10 bits per heavy atom. The van der Waals surface area contributed by atoms with Gasteiger partial charge in [-0.15, -0.1) is 11.8 Å². The molecule has 0 atom stereocenters. The molecule has 0 unspecified atom stereocenters. The zero-order valence-corrected chi connectivity index (χ0v) is 11.7. The third kappa shape index (κ3) is 2.28. The number of pyridine rings is 1. The minimum absolute atomic E-state index is 0.307. The van der Waals surface area contributed by atoms with Gasteiger partial charge in [0, 0.05) is 28.4 Å². The third-order valence-corrected chi connectivity index (χ3v) is 3.78. The van der Waals surface area contributed by atoms with Crippen molar-refractivity contribution in [3.05, 3.63) is 48.8 Å². The topological polar surface area (TPSA) is 64.9 Å². The highest BCUT2D eigenvalue weighted by Gasteiger charge is 2.17. The molecule has 3 rings (SSSR count). The summed E-state index contributed by atoms with van der Waals surface area (Å²) in [6.45, 7) is 0. The number of hydrogen-bond acceptors (Lipinski definition) is 5. The Balaban J connectivity index is 2.11. The van der Waals surface area contributed by atoms with Crippen LogP contribution in [0.2, 0.25) is 0 Å². The number of thioether (sulfide) groups is 1. The lowest BCUT2D eigenvalue weighted by Gasteiger charge is -2.03. The third-order valence-electron chi connectivity index (χ3n) is 3.03. The van der Waals surface area contributed by atoms with Gasteiger partial charge in [-0.05, 0) is 24.5 Å². The highest BCUT2D eigenvalue weighted by molar-refractivity contribution is 7.98.